The molecule has 6 aliphatic heterocycles. The van der Waals surface area contributed by atoms with E-state index in [1.54, 1.807) is 0 Å². The second-order valence-electron chi connectivity index (χ2n) is 36.1. The third-order valence-corrected chi connectivity index (χ3v) is 26.5. The van der Waals surface area contributed by atoms with Gasteiger partial charge >= 0.3 is 71.6 Å². The average Bonchev–Trinajstić information content (AvgIpc) is 1.58. The van der Waals surface area contributed by atoms with E-state index in [9.17, 15) is 57.5 Å². The minimum absolute atomic E-state index is 0.00383. The molecule has 0 aromatic carbocycles. The summed E-state index contributed by atoms with van der Waals surface area (Å²) in [5.74, 6) is -2.05. The molecule has 600 valence electrons. The predicted molar refractivity (Wildman–Crippen MR) is 386 cm³/mol. The molecule has 6 saturated heterocycles. The van der Waals surface area contributed by atoms with E-state index < -0.39 is 55.3 Å². The first-order valence-electron chi connectivity index (χ1n) is 39.7. The van der Waals surface area contributed by atoms with Gasteiger partial charge in [-0.05, 0) is 213 Å². The van der Waals surface area contributed by atoms with Gasteiger partial charge in [0, 0.05) is 38.5 Å². The first-order chi connectivity index (χ1) is 49.1. The van der Waals surface area contributed by atoms with Crippen molar-refractivity contribution in [3.63, 3.8) is 0 Å². The molecule has 20 unspecified atom stereocenters. The molecule has 0 amide bonds. The monoisotopic (exact) mass is 1500 g/mol. The molecule has 12 fully saturated rings. The molecule has 0 N–H and O–H groups in total. The molecule has 12 aliphatic rings. The second kappa shape index (κ2) is 33.5. The third kappa shape index (κ3) is 19.3. The lowest BCUT2D eigenvalue weighted by Crippen LogP contribution is -2.55. The van der Waals surface area contributed by atoms with E-state index in [0.717, 1.165) is 103 Å². The summed E-state index contributed by atoms with van der Waals surface area (Å²) in [7, 11) is 0. The summed E-state index contributed by atoms with van der Waals surface area (Å²) >= 11 is 0. The van der Waals surface area contributed by atoms with Crippen molar-refractivity contribution in [3.8, 4) is 0 Å². The largest absolute Gasteiger partial charge is 0.458 e. The van der Waals surface area contributed by atoms with Crippen LogP contribution in [0.2, 0.25) is 0 Å². The minimum atomic E-state index is -0.709. The Bertz CT molecular complexity index is 3260. The van der Waals surface area contributed by atoms with Gasteiger partial charge in [0.15, 0.2) is 0 Å². The molecule has 0 spiro atoms. The van der Waals surface area contributed by atoms with Crippen molar-refractivity contribution in [1.29, 1.82) is 0 Å². The van der Waals surface area contributed by atoms with E-state index in [2.05, 4.69) is 0 Å². The maximum Gasteiger partial charge on any atom is 0.312 e. The van der Waals surface area contributed by atoms with Gasteiger partial charge in [0.2, 0.25) is 0 Å². The molecule has 20 atom stereocenters. The van der Waals surface area contributed by atoms with E-state index in [1.807, 2.05) is 152 Å². The smallest absolute Gasteiger partial charge is 0.312 e. The van der Waals surface area contributed by atoms with Crippen LogP contribution >= 0.6 is 0 Å². The minimum Gasteiger partial charge on any atom is -0.458 e. The van der Waals surface area contributed by atoms with Crippen LogP contribution in [0.3, 0.4) is 0 Å². The summed E-state index contributed by atoms with van der Waals surface area (Å²) < 4.78 is 65.9. The molecule has 12 rings (SSSR count). The van der Waals surface area contributed by atoms with E-state index >= 15 is 0 Å². The summed E-state index contributed by atoms with van der Waals surface area (Å²) in [6.07, 6.45) is 16.0. The summed E-state index contributed by atoms with van der Waals surface area (Å²) in [5.41, 5.74) is -5.90. The number of carbonyl (C=O) groups is 12. The summed E-state index contributed by atoms with van der Waals surface area (Å²) in [6, 6.07) is 0. The Morgan fingerprint density at radius 1 is 0.396 bits per heavy atom. The zero-order valence-corrected chi connectivity index (χ0v) is 67.9. The van der Waals surface area contributed by atoms with Crippen LogP contribution in [0.15, 0.2) is 0 Å². The lowest BCUT2D eigenvalue weighted by molar-refractivity contribution is -0.204. The molecule has 6 heterocycles. The molecule has 106 heavy (non-hydrogen) atoms. The number of fused-ring (bicyclic) bond motifs is 12. The molecule has 0 aromatic heterocycles. The zero-order chi connectivity index (χ0) is 79.5. The zero-order valence-electron chi connectivity index (χ0n) is 67.9. The highest BCUT2D eigenvalue weighted by atomic mass is 16.6. The number of carbonyl (C=O) groups excluding carboxylic acids is 12. The Hall–Kier alpha value is -6.36. The van der Waals surface area contributed by atoms with Crippen molar-refractivity contribution in [2.45, 2.75) is 377 Å². The lowest BCUT2D eigenvalue weighted by atomic mass is 9.71. The van der Waals surface area contributed by atoms with Crippen molar-refractivity contribution in [1.82, 2.24) is 0 Å². The molecular weight excluding hydrogens is 1370 g/mol. The molecule has 24 nitrogen and oxygen atoms in total. The van der Waals surface area contributed by atoms with E-state index in [1.165, 1.54) is 0 Å². The fourth-order valence-electron chi connectivity index (χ4n) is 15.2. The van der Waals surface area contributed by atoms with Crippen LogP contribution < -0.4 is 0 Å². The van der Waals surface area contributed by atoms with Crippen LogP contribution in [0.4, 0.5) is 0 Å². The predicted octanol–water partition coefficient (Wildman–Crippen LogP) is 13.9. The Morgan fingerprint density at radius 2 is 0.774 bits per heavy atom. The standard InChI is InChI=1S/C15H24O4.3C14H22O4.C13H20O4.C12H18O4/c1-6-13(2,3)12(17)19-14(4)8-7-10-9-15(14,5)18-11(10)16;1-5-13(2,3)12(16)18-14(4)7-6-9-8-10(14)17-11(9)15;1-5-13(2,3)12(16)17-10-7-6-9-8-14(10,4)18-11(9)15;1-5-9(2)11(15)17-13(3)7-6-10-8-14(13,4)18-12(10)16;1-4-13(2,3)12(15)17-9-6-5-8-7-10(9)16-11(8)14;1-3-7(2)11(13)15-9-5-4-8-6-10(9)16-12(8)14/h10H,6-9H2,1-5H3;3*9-10H,5-8H2,1-4H3;8-10H,4-7H2,1-3H3;7-10H,3-6H2,1-2H3. The highest BCUT2D eigenvalue weighted by Crippen LogP contribution is 2.53. The van der Waals surface area contributed by atoms with E-state index in [0.29, 0.717) is 51.4 Å². The van der Waals surface area contributed by atoms with E-state index in [4.69, 9.17) is 56.8 Å². The molecule has 6 aliphatic carbocycles. The van der Waals surface area contributed by atoms with Crippen LogP contribution in [0.25, 0.3) is 0 Å². The Labute approximate surface area is 629 Å². The van der Waals surface area contributed by atoms with Gasteiger partial charge in [0.05, 0.1) is 69.0 Å². The first-order valence-corrected chi connectivity index (χ1v) is 39.7. The van der Waals surface area contributed by atoms with E-state index in [-0.39, 0.29) is 156 Å². The van der Waals surface area contributed by atoms with Crippen molar-refractivity contribution in [3.05, 3.63) is 0 Å². The van der Waals surface area contributed by atoms with Gasteiger partial charge in [-0.25, -0.2) is 0 Å². The molecule has 6 saturated carbocycles. The van der Waals surface area contributed by atoms with Crippen molar-refractivity contribution in [2.75, 3.05) is 0 Å². The fourth-order valence-corrected chi connectivity index (χ4v) is 15.2. The molecular formula is C82H128O24. The molecule has 12 bridgehead atoms. The van der Waals surface area contributed by atoms with Crippen LogP contribution in [-0.2, 0) is 114 Å². The lowest BCUT2D eigenvalue weighted by Gasteiger charge is -2.45. The second-order valence-corrected chi connectivity index (χ2v) is 36.1. The highest BCUT2D eigenvalue weighted by molar-refractivity contribution is 5.82. The van der Waals surface area contributed by atoms with Crippen LogP contribution in [0.1, 0.15) is 306 Å². The van der Waals surface area contributed by atoms with Gasteiger partial charge in [-0.3, -0.25) is 57.5 Å². The van der Waals surface area contributed by atoms with Crippen LogP contribution in [-0.4, -0.2) is 142 Å². The van der Waals surface area contributed by atoms with Gasteiger partial charge in [0.1, 0.15) is 70.2 Å². The number of hydrogen-bond donors (Lipinski definition) is 0. The Kier molecular flexibility index (Phi) is 27.4. The highest BCUT2D eigenvalue weighted by Gasteiger charge is 2.63. The first kappa shape index (κ1) is 86.9. The number of ether oxygens (including phenoxy) is 12. The summed E-state index contributed by atoms with van der Waals surface area (Å²) in [4.78, 5) is 141. The van der Waals surface area contributed by atoms with Crippen molar-refractivity contribution in [2.24, 2.45) is 69.0 Å². The summed E-state index contributed by atoms with van der Waals surface area (Å²) in [5, 5.41) is 0. The maximum atomic E-state index is 12.3. The van der Waals surface area contributed by atoms with Gasteiger partial charge in [0.25, 0.3) is 0 Å². The molecule has 0 radical (unpaired) electrons. The van der Waals surface area contributed by atoms with Crippen LogP contribution in [0, 0.1) is 69.0 Å². The SMILES string of the molecule is CCC(C)(C)C(=O)OC1(C)CCC2CC1(C)OC2=O.CCC(C)(C)C(=O)OC1(C)CCC2CC1OC2=O.CCC(C)(C)C(=O)OC1CCC2CC1(C)OC2=O.CCC(C)(C)C(=O)OC1CCC2CC1OC2=O.CCC(C)C(=O)OC1(C)CCC2CC1(C)OC2=O.CCC(C)C(=O)OC1CCC2CC1OC2=O. The number of rotatable bonds is 18. The number of hydrogen-bond acceptors (Lipinski definition) is 24. The van der Waals surface area contributed by atoms with Gasteiger partial charge in [-0.1, -0.05) is 55.4 Å². The van der Waals surface area contributed by atoms with Crippen molar-refractivity contribution >= 4 is 71.6 Å². The maximum absolute atomic E-state index is 12.3. The normalized spacial score (nSPS) is 35.9. The Balaban J connectivity index is 0.000000178. The Morgan fingerprint density at radius 3 is 1.25 bits per heavy atom. The number of esters is 12. The van der Waals surface area contributed by atoms with Gasteiger partial charge in [-0.15, -0.1) is 0 Å². The topological polar surface area (TPSA) is 316 Å². The third-order valence-electron chi connectivity index (χ3n) is 26.5. The average molecular weight is 1500 g/mol. The molecule has 0 aromatic rings. The summed E-state index contributed by atoms with van der Waals surface area (Å²) in [6.45, 7) is 41.9. The van der Waals surface area contributed by atoms with Crippen molar-refractivity contribution < 1.29 is 114 Å². The van der Waals surface area contributed by atoms with Crippen LogP contribution in [0.5, 0.6) is 0 Å². The van der Waals surface area contributed by atoms with Gasteiger partial charge in [-0.2, -0.15) is 0 Å². The fraction of sp³-hybridized carbons (Fsp3) is 0.854. The van der Waals surface area contributed by atoms with Gasteiger partial charge < -0.3 is 56.8 Å². The quantitative estimate of drug-likeness (QED) is 0.0909. The molecule has 24 heteroatoms.